The van der Waals surface area contributed by atoms with Gasteiger partial charge in [0.15, 0.2) is 0 Å². The van der Waals surface area contributed by atoms with E-state index < -0.39 is 21.9 Å². The summed E-state index contributed by atoms with van der Waals surface area (Å²) in [6.07, 6.45) is 8.87. The molecule has 0 radical (unpaired) electrons. The average molecular weight is 584 g/mol. The molecule has 1 spiro atoms. The Kier molecular flexibility index (Phi) is 7.40. The second-order valence-electron chi connectivity index (χ2n) is 12.1. The van der Waals surface area contributed by atoms with Crippen molar-refractivity contribution in [1.29, 1.82) is 0 Å². The molecule has 0 saturated heterocycles. The summed E-state index contributed by atoms with van der Waals surface area (Å²) in [4.78, 5) is 15.6. The number of aliphatic hydroxyl groups excluding tert-OH is 1. The van der Waals surface area contributed by atoms with Crippen molar-refractivity contribution in [3.63, 3.8) is 0 Å². The van der Waals surface area contributed by atoms with Crippen LogP contribution in [0, 0.1) is 11.8 Å². The molecule has 0 aromatic heterocycles. The molecule has 9 heteroatoms. The maximum absolute atomic E-state index is 13.3. The molecule has 1 unspecified atom stereocenters. The van der Waals surface area contributed by atoms with Gasteiger partial charge in [0.1, 0.15) is 15.6 Å². The molecule has 2 heterocycles. The number of nitrogens with one attached hydrogen (secondary N) is 2. The van der Waals surface area contributed by atoms with Gasteiger partial charge in [0, 0.05) is 35.1 Å². The zero-order chi connectivity index (χ0) is 28.1. The van der Waals surface area contributed by atoms with E-state index in [9.17, 15) is 14.1 Å². The van der Waals surface area contributed by atoms with Gasteiger partial charge >= 0.3 is 0 Å². The predicted molar refractivity (Wildman–Crippen MR) is 162 cm³/mol. The topological polar surface area (TPSA) is 90.9 Å². The number of hydrogen-bond donors (Lipinski definition) is 3. The van der Waals surface area contributed by atoms with E-state index in [1.807, 2.05) is 37.3 Å². The Hall–Kier alpha value is -2.52. The molecule has 6 rings (SSSR count). The minimum absolute atomic E-state index is 0.164. The van der Waals surface area contributed by atoms with Gasteiger partial charge in [-0.05, 0) is 105 Å². The molecular formula is C31H38ClN3O4S. The Labute approximate surface area is 242 Å². The maximum atomic E-state index is 13.3. The number of hydrogen-bond acceptors (Lipinski definition) is 5. The highest BCUT2D eigenvalue weighted by Crippen LogP contribution is 2.46. The highest BCUT2D eigenvalue weighted by Gasteiger charge is 2.44. The number of ether oxygens (including phenoxy) is 1. The summed E-state index contributed by atoms with van der Waals surface area (Å²) in [5.41, 5.74) is 3.59. The molecule has 1 fully saturated rings. The largest absolute Gasteiger partial charge is 0.490 e. The van der Waals surface area contributed by atoms with Crippen LogP contribution in [0.1, 0.15) is 60.5 Å². The van der Waals surface area contributed by atoms with Crippen molar-refractivity contribution in [2.24, 2.45) is 11.8 Å². The number of halogens is 1. The van der Waals surface area contributed by atoms with Crippen molar-refractivity contribution in [3.05, 3.63) is 70.3 Å². The van der Waals surface area contributed by atoms with E-state index in [1.165, 1.54) is 11.1 Å². The second kappa shape index (κ2) is 10.7. The lowest BCUT2D eigenvalue weighted by Gasteiger charge is -2.45. The van der Waals surface area contributed by atoms with Crippen molar-refractivity contribution in [2.45, 2.75) is 63.0 Å². The van der Waals surface area contributed by atoms with Crippen LogP contribution < -0.4 is 19.1 Å². The van der Waals surface area contributed by atoms with Crippen LogP contribution in [-0.2, 0) is 21.7 Å². The third-order valence-corrected chi connectivity index (χ3v) is 10.7. The molecule has 1 saturated carbocycles. The molecule has 2 aliphatic heterocycles. The first-order valence-electron chi connectivity index (χ1n) is 14.2. The number of rotatable bonds is 0. The number of fused-ring (bicyclic) bond motifs is 4. The normalized spacial score (nSPS) is 34.9. The van der Waals surface area contributed by atoms with E-state index in [0.717, 1.165) is 61.7 Å². The second-order valence-corrected chi connectivity index (χ2v) is 14.3. The van der Waals surface area contributed by atoms with Crippen LogP contribution in [0.3, 0.4) is 0 Å². The van der Waals surface area contributed by atoms with Crippen LogP contribution in [0.4, 0.5) is 5.69 Å². The van der Waals surface area contributed by atoms with Crippen LogP contribution in [-0.4, -0.2) is 52.9 Å². The van der Waals surface area contributed by atoms with E-state index >= 15 is 0 Å². The maximum Gasteiger partial charge on any atom is 0.263 e. The summed E-state index contributed by atoms with van der Waals surface area (Å²) >= 11 is 6.38. The van der Waals surface area contributed by atoms with Crippen molar-refractivity contribution in [2.75, 3.05) is 24.6 Å². The zero-order valence-corrected chi connectivity index (χ0v) is 24.5. The van der Waals surface area contributed by atoms with E-state index in [4.69, 9.17) is 16.3 Å². The predicted octanol–water partition coefficient (Wildman–Crippen LogP) is 4.41. The van der Waals surface area contributed by atoms with Crippen molar-refractivity contribution < 1.29 is 18.8 Å². The fraction of sp³-hybridized carbons (Fsp3) is 0.484. The van der Waals surface area contributed by atoms with Gasteiger partial charge in [-0.15, -0.1) is 0 Å². The van der Waals surface area contributed by atoms with Gasteiger partial charge in [0.05, 0.1) is 18.4 Å². The monoisotopic (exact) mass is 583 g/mol. The molecule has 214 valence electrons. The Balaban J connectivity index is 1.42. The standard InChI is InChI=1S/C31H38ClN3O4S/c1-20-5-3-7-28(36)25-11-8-23(25)17-35-18-31(14-4-6-21-15-24(32)10-12-26(21)31)19-39-29-13-9-22(16-27(29)35)30(37)34-40(2,38)33-20/h3,7,9-10,12-13,15-16,20,23,25,28,36H,2,4-6,8,11,14,17-19H2,1H3,(H2,33,34,37,38)/b7-3+/t20-,23+,25-,28+,31+,40?/m1/s1. The lowest BCUT2D eigenvalue weighted by molar-refractivity contribution is 0.0456. The molecule has 4 aliphatic rings. The number of anilines is 1. The molecule has 2 aliphatic carbocycles. The number of aryl methyl sites for hydroxylation is 1. The minimum atomic E-state index is -3.08. The zero-order valence-electron chi connectivity index (χ0n) is 22.9. The number of nitrogens with zero attached hydrogens (tertiary/aromatic N) is 1. The molecule has 2 aromatic rings. The quantitative estimate of drug-likeness (QED) is 0.316. The van der Waals surface area contributed by atoms with E-state index in [2.05, 4.69) is 32.3 Å². The fourth-order valence-electron chi connectivity index (χ4n) is 6.99. The summed E-state index contributed by atoms with van der Waals surface area (Å²) in [7, 11) is -3.08. The van der Waals surface area contributed by atoms with E-state index in [0.29, 0.717) is 24.5 Å². The van der Waals surface area contributed by atoms with Gasteiger partial charge in [-0.3, -0.25) is 9.52 Å². The Morgan fingerprint density at radius 1 is 1.23 bits per heavy atom. The van der Waals surface area contributed by atoms with Crippen LogP contribution >= 0.6 is 11.6 Å². The number of carbonyl (C=O) groups excluding carboxylic acids is 1. The Morgan fingerprint density at radius 2 is 2.08 bits per heavy atom. The van der Waals surface area contributed by atoms with E-state index in [1.54, 1.807) is 6.07 Å². The lowest BCUT2D eigenvalue weighted by atomic mass is 9.68. The van der Waals surface area contributed by atoms with Gasteiger partial charge in [-0.2, -0.15) is 0 Å². The number of benzene rings is 2. The van der Waals surface area contributed by atoms with Crippen LogP contribution in [0.5, 0.6) is 5.75 Å². The summed E-state index contributed by atoms with van der Waals surface area (Å²) in [5.74, 6) is 4.51. The highest BCUT2D eigenvalue weighted by atomic mass is 35.5. The molecule has 2 aromatic carbocycles. The SMILES string of the molecule is C=S1(=O)NC(=O)c2ccc3c(c2)N(C[C@@H]2CC[C@H]2[C@@H](O)/C=C/C[C@@H](C)N1)C[C@@]1(CCCc2cc(Cl)ccc21)CO3. The van der Waals surface area contributed by atoms with Crippen LogP contribution in [0.25, 0.3) is 0 Å². The molecule has 40 heavy (non-hydrogen) atoms. The van der Waals surface area contributed by atoms with Gasteiger partial charge in [-0.25, -0.2) is 8.93 Å². The fourth-order valence-corrected chi connectivity index (χ4v) is 8.40. The number of aliphatic hydroxyl groups is 1. The first-order chi connectivity index (χ1) is 19.1. The summed E-state index contributed by atoms with van der Waals surface area (Å²) < 4.78 is 25.2. The minimum Gasteiger partial charge on any atom is -0.490 e. The summed E-state index contributed by atoms with van der Waals surface area (Å²) in [6.45, 7) is 3.91. The number of carbonyl (C=O) groups is 1. The lowest BCUT2D eigenvalue weighted by Crippen LogP contribution is -2.49. The Bertz CT molecular complexity index is 1440. The Morgan fingerprint density at radius 3 is 2.88 bits per heavy atom. The third kappa shape index (κ3) is 5.39. The van der Waals surface area contributed by atoms with Crippen molar-refractivity contribution >= 4 is 39.0 Å². The molecule has 2 bridgehead atoms. The summed E-state index contributed by atoms with van der Waals surface area (Å²) in [5, 5.41) is 11.8. The molecular weight excluding hydrogens is 546 g/mol. The first kappa shape index (κ1) is 27.6. The molecule has 6 atom stereocenters. The van der Waals surface area contributed by atoms with Crippen LogP contribution in [0.2, 0.25) is 5.02 Å². The molecule has 7 nitrogen and oxygen atoms in total. The summed E-state index contributed by atoms with van der Waals surface area (Å²) in [6, 6.07) is 11.4. The molecule has 1 amide bonds. The smallest absolute Gasteiger partial charge is 0.263 e. The van der Waals surface area contributed by atoms with Crippen LogP contribution in [0.15, 0.2) is 48.6 Å². The van der Waals surface area contributed by atoms with Gasteiger partial charge in [0.25, 0.3) is 5.91 Å². The van der Waals surface area contributed by atoms with E-state index in [-0.39, 0.29) is 17.4 Å². The van der Waals surface area contributed by atoms with Gasteiger partial charge in [-0.1, -0.05) is 29.8 Å². The first-order valence-corrected chi connectivity index (χ1v) is 16.3. The third-order valence-electron chi connectivity index (χ3n) is 9.14. The number of amides is 1. The van der Waals surface area contributed by atoms with Gasteiger partial charge < -0.3 is 14.7 Å². The molecule has 3 N–H and O–H groups in total. The van der Waals surface area contributed by atoms with Gasteiger partial charge in [0.2, 0.25) is 0 Å². The highest BCUT2D eigenvalue weighted by molar-refractivity contribution is 7.97. The average Bonchev–Trinajstić information content (AvgIpc) is 3.02. The van der Waals surface area contributed by atoms with Crippen molar-refractivity contribution in [1.82, 2.24) is 9.44 Å². The van der Waals surface area contributed by atoms with Crippen molar-refractivity contribution in [3.8, 4) is 5.75 Å².